The number of urea groups is 1. The van der Waals surface area contributed by atoms with Crippen molar-refractivity contribution in [3.8, 4) is 5.69 Å². The first kappa shape index (κ1) is 22.3. The zero-order chi connectivity index (χ0) is 24.4. The molecule has 0 unspecified atom stereocenters. The Morgan fingerprint density at radius 1 is 1.06 bits per heavy atom. The highest BCUT2D eigenvalue weighted by atomic mass is 16.4. The molecule has 11 heteroatoms. The number of rotatable bonds is 6. The lowest BCUT2D eigenvalue weighted by atomic mass is 10.1. The Bertz CT molecular complexity index is 1490. The van der Waals surface area contributed by atoms with Gasteiger partial charge in [0.1, 0.15) is 0 Å². The van der Waals surface area contributed by atoms with Crippen LogP contribution >= 0.6 is 0 Å². The topological polar surface area (TPSA) is 166 Å². The first-order valence-corrected chi connectivity index (χ1v) is 10.0. The fourth-order valence-electron chi connectivity index (χ4n) is 3.40. The van der Waals surface area contributed by atoms with Gasteiger partial charge in [0.05, 0.1) is 22.3 Å². The van der Waals surface area contributed by atoms with E-state index in [1.807, 2.05) is 17.6 Å². The number of carboxylic acids is 2. The minimum Gasteiger partial charge on any atom is -0.478 e. The Morgan fingerprint density at radius 3 is 2.47 bits per heavy atom. The third-order valence-corrected chi connectivity index (χ3v) is 5.09. The second-order valence-electron chi connectivity index (χ2n) is 7.49. The molecule has 0 radical (unpaired) electrons. The van der Waals surface area contributed by atoms with E-state index in [0.717, 1.165) is 16.8 Å². The first-order chi connectivity index (χ1) is 16.2. The van der Waals surface area contributed by atoms with Gasteiger partial charge in [0.2, 0.25) is 5.69 Å². The summed E-state index contributed by atoms with van der Waals surface area (Å²) in [7, 11) is 0. The number of anilines is 1. The molecule has 0 atom stereocenters. The normalized spacial score (nSPS) is 10.7. The average molecular weight is 461 g/mol. The summed E-state index contributed by atoms with van der Waals surface area (Å²) in [6, 6.07) is 10.5. The maximum absolute atomic E-state index is 12.2. The fourth-order valence-corrected chi connectivity index (χ4v) is 3.40. The molecule has 5 N–H and O–H groups in total. The van der Waals surface area contributed by atoms with Crippen LogP contribution in [0, 0.1) is 6.92 Å². The third kappa shape index (κ3) is 4.63. The van der Waals surface area contributed by atoms with Crippen molar-refractivity contribution >= 4 is 34.7 Å². The predicted molar refractivity (Wildman–Crippen MR) is 123 cm³/mol. The molecule has 0 aliphatic heterocycles. The molecule has 0 aliphatic carbocycles. The Morgan fingerprint density at radius 2 is 1.79 bits per heavy atom. The van der Waals surface area contributed by atoms with Crippen LogP contribution in [0.25, 0.3) is 16.7 Å². The monoisotopic (exact) mass is 461 g/mol. The Balaban J connectivity index is 1.47. The highest BCUT2D eigenvalue weighted by molar-refractivity contribution is 5.91. The minimum atomic E-state index is -1.41. The Hall–Kier alpha value is -4.93. The van der Waals surface area contributed by atoms with Gasteiger partial charge < -0.3 is 30.4 Å². The van der Waals surface area contributed by atoms with Gasteiger partial charge >= 0.3 is 18.0 Å². The van der Waals surface area contributed by atoms with E-state index >= 15 is 0 Å². The van der Waals surface area contributed by atoms with Gasteiger partial charge in [-0.1, -0.05) is 0 Å². The summed E-state index contributed by atoms with van der Waals surface area (Å²) < 4.78 is 1.81. The zero-order valence-electron chi connectivity index (χ0n) is 17.8. The Kier molecular flexibility index (Phi) is 5.83. The lowest BCUT2D eigenvalue weighted by Gasteiger charge is -2.10. The molecular weight excluding hydrogens is 442 g/mol. The summed E-state index contributed by atoms with van der Waals surface area (Å²) in [5, 5.41) is 23.4. The molecule has 0 spiro atoms. The molecule has 11 nitrogen and oxygen atoms in total. The van der Waals surface area contributed by atoms with Crippen LogP contribution in [0.5, 0.6) is 0 Å². The average Bonchev–Trinajstić information content (AvgIpc) is 3.26. The first-order valence-electron chi connectivity index (χ1n) is 10.0. The lowest BCUT2D eigenvalue weighted by Crippen LogP contribution is -2.28. The van der Waals surface area contributed by atoms with Crippen LogP contribution < -0.4 is 16.2 Å². The van der Waals surface area contributed by atoms with E-state index in [1.54, 1.807) is 24.5 Å². The minimum absolute atomic E-state index is 0.122. The molecule has 4 aromatic rings. The molecule has 0 fully saturated rings. The maximum atomic E-state index is 12.2. The number of aromatic carboxylic acids is 2. The number of carbonyl (C=O) groups excluding carboxylic acids is 1. The molecule has 2 amide bonds. The maximum Gasteiger partial charge on any atom is 0.360 e. The molecule has 0 saturated heterocycles. The van der Waals surface area contributed by atoms with Crippen LogP contribution in [0.4, 0.5) is 10.5 Å². The van der Waals surface area contributed by atoms with Crippen LogP contribution in [0.3, 0.4) is 0 Å². The van der Waals surface area contributed by atoms with Crippen molar-refractivity contribution in [3.05, 3.63) is 87.6 Å². The largest absolute Gasteiger partial charge is 0.478 e. The van der Waals surface area contributed by atoms with Crippen molar-refractivity contribution in [1.82, 2.24) is 19.9 Å². The number of aromatic nitrogens is 3. The molecule has 0 saturated carbocycles. The summed E-state index contributed by atoms with van der Waals surface area (Å²) in [5.41, 5.74) is 2.36. The summed E-state index contributed by atoms with van der Waals surface area (Å²) in [6.45, 7) is 2.08. The highest BCUT2D eigenvalue weighted by Gasteiger charge is 2.14. The Labute approximate surface area is 191 Å². The number of fused-ring (bicyclic) bond motifs is 1. The molecule has 172 valence electrons. The van der Waals surface area contributed by atoms with Crippen molar-refractivity contribution < 1.29 is 24.6 Å². The van der Waals surface area contributed by atoms with Gasteiger partial charge in [-0.15, -0.1) is 0 Å². The van der Waals surface area contributed by atoms with Gasteiger partial charge in [-0.3, -0.25) is 4.79 Å². The van der Waals surface area contributed by atoms with E-state index in [0.29, 0.717) is 16.7 Å². The van der Waals surface area contributed by atoms with Crippen molar-refractivity contribution in [2.75, 3.05) is 5.32 Å². The van der Waals surface area contributed by atoms with Crippen molar-refractivity contribution in [3.63, 3.8) is 0 Å². The molecule has 2 heterocycles. The van der Waals surface area contributed by atoms with Gasteiger partial charge in [0.15, 0.2) is 0 Å². The third-order valence-electron chi connectivity index (χ3n) is 5.09. The van der Waals surface area contributed by atoms with Crippen LogP contribution in [-0.2, 0) is 6.54 Å². The summed E-state index contributed by atoms with van der Waals surface area (Å²) in [4.78, 5) is 52.6. The second-order valence-corrected chi connectivity index (χ2v) is 7.49. The van der Waals surface area contributed by atoms with E-state index in [1.165, 1.54) is 24.3 Å². The van der Waals surface area contributed by atoms with Crippen molar-refractivity contribution in [2.24, 2.45) is 0 Å². The number of amides is 2. The number of carboxylic acid groups (broad SMARTS) is 2. The number of hydrogen-bond donors (Lipinski definition) is 5. The van der Waals surface area contributed by atoms with E-state index in [4.69, 9.17) is 10.2 Å². The number of nitrogens with one attached hydrogen (secondary N) is 3. The van der Waals surface area contributed by atoms with Gasteiger partial charge in [0.25, 0.3) is 5.56 Å². The molecule has 0 aliphatic rings. The number of H-pyrrole nitrogens is 1. The highest BCUT2D eigenvalue weighted by Crippen LogP contribution is 2.21. The van der Waals surface area contributed by atoms with E-state index in [9.17, 15) is 19.2 Å². The molecule has 0 bridgehead atoms. The molecule has 2 aromatic heterocycles. The number of hydrogen-bond acceptors (Lipinski definition) is 5. The number of aromatic amines is 1. The van der Waals surface area contributed by atoms with Gasteiger partial charge in [-0.2, -0.15) is 0 Å². The van der Waals surface area contributed by atoms with Crippen molar-refractivity contribution in [1.29, 1.82) is 0 Å². The van der Waals surface area contributed by atoms with Crippen molar-refractivity contribution in [2.45, 2.75) is 13.5 Å². The van der Waals surface area contributed by atoms with E-state index < -0.39 is 29.2 Å². The smallest absolute Gasteiger partial charge is 0.360 e. The number of aryl methyl sites for hydroxylation is 1. The van der Waals surface area contributed by atoms with E-state index in [2.05, 4.69) is 20.6 Å². The molecular formula is C23H19N5O6. The van der Waals surface area contributed by atoms with Gasteiger partial charge in [0, 0.05) is 24.6 Å². The van der Waals surface area contributed by atoms with E-state index in [-0.39, 0.29) is 12.1 Å². The van der Waals surface area contributed by atoms with Crippen LogP contribution in [0.2, 0.25) is 0 Å². The van der Waals surface area contributed by atoms with Crippen LogP contribution in [-0.4, -0.2) is 42.7 Å². The van der Waals surface area contributed by atoms with Crippen LogP contribution in [0.1, 0.15) is 32.0 Å². The standard InChI is InChI=1S/C23H19N5O6/c1-12-8-16-17(26-19(22(32)33)20(29)27-16)9-18(12)28-7-6-13(11-28)10-24-23(34)25-15-4-2-14(3-5-15)21(30)31/h2-9,11H,10H2,1H3,(H,27,29)(H,30,31)(H,32,33)(H2,24,25,34). The summed E-state index contributed by atoms with van der Waals surface area (Å²) in [5.74, 6) is -2.45. The van der Waals surface area contributed by atoms with Crippen LogP contribution in [0.15, 0.2) is 59.7 Å². The zero-order valence-corrected chi connectivity index (χ0v) is 17.8. The quantitative estimate of drug-likeness (QED) is 0.294. The molecule has 2 aromatic carbocycles. The number of nitrogens with zero attached hydrogens (tertiary/aromatic N) is 2. The second kappa shape index (κ2) is 8.90. The van der Waals surface area contributed by atoms with Gasteiger partial charge in [-0.25, -0.2) is 19.4 Å². The number of benzene rings is 2. The summed E-state index contributed by atoms with van der Waals surface area (Å²) >= 11 is 0. The SMILES string of the molecule is Cc1cc2[nH]c(=O)c(C(=O)O)nc2cc1-n1ccc(CNC(=O)Nc2ccc(C(=O)O)cc2)c1. The number of carbonyl (C=O) groups is 3. The fraction of sp³-hybridized carbons (Fsp3) is 0.0870. The molecule has 4 rings (SSSR count). The lowest BCUT2D eigenvalue weighted by molar-refractivity contribution is 0.0681. The molecule has 34 heavy (non-hydrogen) atoms. The van der Waals surface area contributed by atoms with Gasteiger partial charge in [-0.05, 0) is 60.5 Å². The predicted octanol–water partition coefficient (Wildman–Crippen LogP) is 2.74. The summed E-state index contributed by atoms with van der Waals surface area (Å²) in [6.07, 6.45) is 3.59.